The summed E-state index contributed by atoms with van der Waals surface area (Å²) in [7, 11) is 1.62. The lowest BCUT2D eigenvalue weighted by Crippen LogP contribution is -2.22. The van der Waals surface area contributed by atoms with Crippen LogP contribution in [0.15, 0.2) is 75.9 Å². The van der Waals surface area contributed by atoms with Gasteiger partial charge in [-0.15, -0.1) is 0 Å². The second-order valence-electron chi connectivity index (χ2n) is 7.47. The molecule has 4 aromatic rings. The molecular weight excluding hydrogens is 420 g/mol. The quantitative estimate of drug-likeness (QED) is 0.388. The van der Waals surface area contributed by atoms with Gasteiger partial charge in [-0.3, -0.25) is 9.69 Å². The fourth-order valence-corrected chi connectivity index (χ4v) is 3.45. The van der Waals surface area contributed by atoms with E-state index in [4.69, 9.17) is 13.7 Å². The maximum atomic E-state index is 11.8. The Hall–Kier alpha value is -3.91. The lowest BCUT2D eigenvalue weighted by Gasteiger charge is -2.19. The first kappa shape index (κ1) is 22.3. The van der Waals surface area contributed by atoms with Crippen LogP contribution in [0.2, 0.25) is 0 Å². The third kappa shape index (κ3) is 5.87. The Labute approximate surface area is 192 Å². The molecule has 0 radical (unpaired) electrons. The minimum absolute atomic E-state index is 0.110. The smallest absolute Gasteiger partial charge is 0.251 e. The minimum atomic E-state index is -0.110. The second-order valence-corrected chi connectivity index (χ2v) is 7.47. The molecule has 0 aliphatic rings. The third-order valence-corrected chi connectivity index (χ3v) is 5.06. The number of furan rings is 1. The SMILES string of the molecule is CCOc1ccc(-c2noc(CN(Cc3ccc(C(=O)NC)cc3)Cc3ccco3)n2)cc1. The van der Waals surface area contributed by atoms with Crippen molar-refractivity contribution in [3.63, 3.8) is 0 Å². The Morgan fingerprint density at radius 3 is 2.48 bits per heavy atom. The summed E-state index contributed by atoms with van der Waals surface area (Å²) in [5.41, 5.74) is 2.53. The van der Waals surface area contributed by atoms with Crippen molar-refractivity contribution in [2.75, 3.05) is 13.7 Å². The Kier molecular flexibility index (Phi) is 7.16. The van der Waals surface area contributed by atoms with E-state index in [9.17, 15) is 4.79 Å². The molecule has 0 fully saturated rings. The molecule has 2 aromatic heterocycles. The summed E-state index contributed by atoms with van der Waals surface area (Å²) in [6.45, 7) is 4.21. The molecule has 33 heavy (non-hydrogen) atoms. The van der Waals surface area contributed by atoms with Crippen LogP contribution < -0.4 is 10.1 Å². The standard InChI is InChI=1S/C25H26N4O4/c1-3-31-21-12-10-19(11-13-21)24-27-23(33-28-24)17-29(16-22-5-4-14-32-22)15-18-6-8-20(9-7-18)25(30)26-2/h4-14H,3,15-17H2,1-2H3,(H,26,30). The van der Waals surface area contributed by atoms with Gasteiger partial charge in [-0.1, -0.05) is 17.3 Å². The Morgan fingerprint density at radius 1 is 1.03 bits per heavy atom. The molecule has 170 valence electrons. The van der Waals surface area contributed by atoms with Crippen molar-refractivity contribution >= 4 is 5.91 Å². The van der Waals surface area contributed by atoms with Gasteiger partial charge in [0.2, 0.25) is 11.7 Å². The van der Waals surface area contributed by atoms with E-state index < -0.39 is 0 Å². The van der Waals surface area contributed by atoms with Crippen LogP contribution in [0.4, 0.5) is 0 Å². The fourth-order valence-electron chi connectivity index (χ4n) is 3.45. The minimum Gasteiger partial charge on any atom is -0.494 e. The summed E-state index contributed by atoms with van der Waals surface area (Å²) >= 11 is 0. The van der Waals surface area contributed by atoms with Gasteiger partial charge in [-0.2, -0.15) is 4.98 Å². The van der Waals surface area contributed by atoms with Gasteiger partial charge in [0.25, 0.3) is 5.91 Å². The number of hydrogen-bond acceptors (Lipinski definition) is 7. The van der Waals surface area contributed by atoms with Crippen LogP contribution >= 0.6 is 0 Å². The number of amides is 1. The second kappa shape index (κ2) is 10.6. The van der Waals surface area contributed by atoms with E-state index in [1.54, 1.807) is 13.3 Å². The van der Waals surface area contributed by atoms with Gasteiger partial charge in [0.05, 0.1) is 26.0 Å². The number of benzene rings is 2. The van der Waals surface area contributed by atoms with Crippen molar-refractivity contribution in [1.29, 1.82) is 0 Å². The molecule has 0 aliphatic carbocycles. The molecule has 4 rings (SSSR count). The third-order valence-electron chi connectivity index (χ3n) is 5.06. The zero-order valence-electron chi connectivity index (χ0n) is 18.7. The number of hydrogen-bond donors (Lipinski definition) is 1. The molecule has 1 amide bonds. The molecule has 0 unspecified atom stereocenters. The number of carbonyl (C=O) groups is 1. The lowest BCUT2D eigenvalue weighted by atomic mass is 10.1. The highest BCUT2D eigenvalue weighted by molar-refractivity contribution is 5.93. The maximum Gasteiger partial charge on any atom is 0.251 e. The number of nitrogens with one attached hydrogen (secondary N) is 1. The molecular formula is C25H26N4O4. The summed E-state index contributed by atoms with van der Waals surface area (Å²) in [6.07, 6.45) is 1.66. The highest BCUT2D eigenvalue weighted by Gasteiger charge is 2.16. The van der Waals surface area contributed by atoms with Crippen molar-refractivity contribution in [1.82, 2.24) is 20.4 Å². The van der Waals surface area contributed by atoms with E-state index in [2.05, 4.69) is 20.4 Å². The number of nitrogens with zero attached hydrogens (tertiary/aromatic N) is 3. The number of ether oxygens (including phenoxy) is 1. The predicted octanol–water partition coefficient (Wildman–Crippen LogP) is 4.29. The highest BCUT2D eigenvalue weighted by atomic mass is 16.5. The molecule has 0 aliphatic heterocycles. The molecule has 1 N–H and O–H groups in total. The number of carbonyl (C=O) groups excluding carboxylic acids is 1. The average Bonchev–Trinajstić information content (AvgIpc) is 3.52. The van der Waals surface area contributed by atoms with Gasteiger partial charge in [0.1, 0.15) is 11.5 Å². The molecule has 0 saturated heterocycles. The molecule has 2 aromatic carbocycles. The molecule has 8 heteroatoms. The van der Waals surface area contributed by atoms with E-state index in [-0.39, 0.29) is 5.91 Å². The van der Waals surface area contributed by atoms with Crippen LogP contribution in [0.1, 0.15) is 34.5 Å². The van der Waals surface area contributed by atoms with Crippen LogP contribution in [0.3, 0.4) is 0 Å². The Bertz CT molecular complexity index is 1150. The lowest BCUT2D eigenvalue weighted by molar-refractivity contribution is 0.0963. The molecule has 8 nitrogen and oxygen atoms in total. The van der Waals surface area contributed by atoms with Crippen LogP contribution in [0, 0.1) is 0 Å². The summed E-state index contributed by atoms with van der Waals surface area (Å²) in [4.78, 5) is 18.5. The first-order chi connectivity index (χ1) is 16.1. The highest BCUT2D eigenvalue weighted by Crippen LogP contribution is 2.21. The first-order valence-corrected chi connectivity index (χ1v) is 10.8. The van der Waals surface area contributed by atoms with E-state index in [0.29, 0.717) is 43.5 Å². The number of rotatable bonds is 10. The van der Waals surface area contributed by atoms with Crippen molar-refractivity contribution in [3.05, 3.63) is 89.7 Å². The van der Waals surface area contributed by atoms with Gasteiger partial charge in [-0.25, -0.2) is 0 Å². The summed E-state index contributed by atoms with van der Waals surface area (Å²) in [6, 6.07) is 18.9. The molecule has 0 bridgehead atoms. The van der Waals surface area contributed by atoms with Crippen LogP contribution in [0.5, 0.6) is 5.75 Å². The zero-order valence-corrected chi connectivity index (χ0v) is 18.7. The zero-order chi connectivity index (χ0) is 23.0. The monoisotopic (exact) mass is 446 g/mol. The number of aromatic nitrogens is 2. The summed E-state index contributed by atoms with van der Waals surface area (Å²) < 4.78 is 16.6. The molecule has 0 spiro atoms. The first-order valence-electron chi connectivity index (χ1n) is 10.8. The Morgan fingerprint density at radius 2 is 1.82 bits per heavy atom. The van der Waals surface area contributed by atoms with Gasteiger partial charge < -0.3 is 19.0 Å². The molecule has 0 atom stereocenters. The maximum absolute atomic E-state index is 11.8. The Balaban J connectivity index is 1.48. The van der Waals surface area contributed by atoms with E-state index >= 15 is 0 Å². The normalized spacial score (nSPS) is 11.0. The van der Waals surface area contributed by atoms with E-state index in [0.717, 1.165) is 22.6 Å². The van der Waals surface area contributed by atoms with Gasteiger partial charge in [0, 0.05) is 24.7 Å². The fraction of sp³-hybridized carbons (Fsp3) is 0.240. The van der Waals surface area contributed by atoms with Gasteiger partial charge >= 0.3 is 0 Å². The topological polar surface area (TPSA) is 93.6 Å². The van der Waals surface area contributed by atoms with Crippen LogP contribution in [0.25, 0.3) is 11.4 Å². The van der Waals surface area contributed by atoms with Gasteiger partial charge in [-0.05, 0) is 61.0 Å². The van der Waals surface area contributed by atoms with Crippen LogP contribution in [-0.4, -0.2) is 34.6 Å². The summed E-state index contributed by atoms with van der Waals surface area (Å²) in [5, 5.41) is 6.77. The predicted molar refractivity (Wildman–Crippen MR) is 122 cm³/mol. The van der Waals surface area contributed by atoms with E-state index in [1.807, 2.05) is 67.6 Å². The summed E-state index contributed by atoms with van der Waals surface area (Å²) in [5.74, 6) is 2.57. The molecule has 0 saturated carbocycles. The van der Waals surface area contributed by atoms with Crippen molar-refractivity contribution in [2.24, 2.45) is 0 Å². The van der Waals surface area contributed by atoms with Gasteiger partial charge in [0.15, 0.2) is 0 Å². The van der Waals surface area contributed by atoms with Crippen molar-refractivity contribution in [3.8, 4) is 17.1 Å². The van der Waals surface area contributed by atoms with E-state index in [1.165, 1.54) is 0 Å². The van der Waals surface area contributed by atoms with Crippen LogP contribution in [-0.2, 0) is 19.6 Å². The average molecular weight is 447 g/mol. The van der Waals surface area contributed by atoms with Crippen molar-refractivity contribution < 1.29 is 18.5 Å². The van der Waals surface area contributed by atoms with Crippen molar-refractivity contribution in [2.45, 2.75) is 26.6 Å². The molecule has 2 heterocycles. The largest absolute Gasteiger partial charge is 0.494 e.